The summed E-state index contributed by atoms with van der Waals surface area (Å²) in [6.07, 6.45) is 8.55. The van der Waals surface area contributed by atoms with Gasteiger partial charge in [0.1, 0.15) is 5.69 Å². The van der Waals surface area contributed by atoms with E-state index in [2.05, 4.69) is 48.8 Å². The fraction of sp³-hybridized carbons (Fsp3) is 0.455. The van der Waals surface area contributed by atoms with Crippen LogP contribution >= 0.6 is 0 Å². The maximum atomic E-state index is 12.4. The van der Waals surface area contributed by atoms with Crippen molar-refractivity contribution < 1.29 is 9.72 Å². The summed E-state index contributed by atoms with van der Waals surface area (Å²) in [5.41, 5.74) is 5.10. The number of hydrogen-bond donors (Lipinski definition) is 2. The van der Waals surface area contributed by atoms with E-state index in [1.807, 2.05) is 19.9 Å². The van der Waals surface area contributed by atoms with E-state index in [9.17, 15) is 14.9 Å². The van der Waals surface area contributed by atoms with Gasteiger partial charge in [-0.3, -0.25) is 14.9 Å². The second-order valence-corrected chi connectivity index (χ2v) is 8.03. The summed E-state index contributed by atoms with van der Waals surface area (Å²) in [6.45, 7) is 10.9. The van der Waals surface area contributed by atoms with Gasteiger partial charge in [-0.1, -0.05) is 31.6 Å². The van der Waals surface area contributed by atoms with Crippen molar-refractivity contribution in [3.8, 4) is 0 Å². The third kappa shape index (κ3) is 5.76. The lowest BCUT2D eigenvalue weighted by atomic mass is 9.68. The zero-order chi connectivity index (χ0) is 21.6. The van der Waals surface area contributed by atoms with Crippen molar-refractivity contribution >= 4 is 23.0 Å². The first-order chi connectivity index (χ1) is 13.7. The highest BCUT2D eigenvalue weighted by Gasteiger charge is 2.30. The van der Waals surface area contributed by atoms with Crippen molar-refractivity contribution in [2.45, 2.75) is 47.5 Å². The molecule has 1 aliphatic rings. The normalized spacial score (nSPS) is 19.0. The van der Waals surface area contributed by atoms with Gasteiger partial charge in [0.15, 0.2) is 0 Å². The van der Waals surface area contributed by atoms with Crippen molar-refractivity contribution in [3.63, 3.8) is 0 Å². The van der Waals surface area contributed by atoms with Crippen molar-refractivity contribution in [2.75, 3.05) is 11.9 Å². The zero-order valence-corrected chi connectivity index (χ0v) is 17.8. The molecule has 0 saturated carbocycles. The number of anilines is 1. The Labute approximate surface area is 172 Å². The van der Waals surface area contributed by atoms with E-state index in [1.165, 1.54) is 17.7 Å². The second kappa shape index (κ2) is 9.49. The Morgan fingerprint density at radius 2 is 2.14 bits per heavy atom. The molecule has 1 aromatic carbocycles. The lowest BCUT2D eigenvalue weighted by molar-refractivity contribution is -0.384. The standard InChI is InChI=1S/C22H30N4O3/c1-6-23-19-12-10-17(14-20(19)26(28)29)21(27)25-24-16(3)9-11-18-15(2)8-7-13-22(18,4)5/h8-12,14,18,23H,6-7,13H2,1-5H3,(H,25,27)/b11-9+,24-16+. The largest absolute Gasteiger partial charge is 0.380 e. The van der Waals surface area contributed by atoms with E-state index in [4.69, 9.17) is 0 Å². The molecule has 0 aliphatic heterocycles. The number of nitrogens with one attached hydrogen (secondary N) is 2. The highest BCUT2D eigenvalue weighted by atomic mass is 16.6. The Morgan fingerprint density at radius 3 is 2.76 bits per heavy atom. The Balaban J connectivity index is 2.10. The maximum absolute atomic E-state index is 12.4. The smallest absolute Gasteiger partial charge is 0.293 e. The number of nitro benzene ring substituents is 1. The molecule has 7 heteroatoms. The first-order valence-electron chi connectivity index (χ1n) is 9.87. The molecular weight excluding hydrogens is 368 g/mol. The first kappa shape index (κ1) is 22.3. The topological polar surface area (TPSA) is 96.6 Å². The Kier molecular flexibility index (Phi) is 7.31. The Morgan fingerprint density at radius 1 is 1.41 bits per heavy atom. The minimum absolute atomic E-state index is 0.137. The minimum Gasteiger partial charge on any atom is -0.380 e. The van der Waals surface area contributed by atoms with Gasteiger partial charge >= 0.3 is 0 Å². The van der Waals surface area contributed by atoms with Gasteiger partial charge in [0, 0.05) is 24.1 Å². The summed E-state index contributed by atoms with van der Waals surface area (Å²) in [7, 11) is 0. The number of allylic oxidation sites excluding steroid dienone is 4. The minimum atomic E-state index is -0.506. The molecule has 7 nitrogen and oxygen atoms in total. The number of hydrazone groups is 1. The lowest BCUT2D eigenvalue weighted by Gasteiger charge is -2.36. The predicted molar refractivity (Wildman–Crippen MR) is 117 cm³/mol. The Hall–Kier alpha value is -2.96. The molecule has 0 aromatic heterocycles. The van der Waals surface area contributed by atoms with Crippen LogP contribution in [0.15, 0.2) is 47.1 Å². The van der Waals surface area contributed by atoms with Crippen LogP contribution in [0.3, 0.4) is 0 Å². The molecule has 0 spiro atoms. The summed E-state index contributed by atoms with van der Waals surface area (Å²) < 4.78 is 0. The summed E-state index contributed by atoms with van der Waals surface area (Å²) >= 11 is 0. The zero-order valence-electron chi connectivity index (χ0n) is 17.8. The number of carbonyl (C=O) groups excluding carboxylic acids is 1. The molecule has 1 aromatic rings. The van der Waals surface area contributed by atoms with Gasteiger partial charge in [-0.05, 0) is 57.2 Å². The predicted octanol–water partition coefficient (Wildman–Crippen LogP) is 5.07. The van der Waals surface area contributed by atoms with E-state index >= 15 is 0 Å². The number of nitro groups is 1. The third-order valence-corrected chi connectivity index (χ3v) is 5.27. The van der Waals surface area contributed by atoms with Crippen molar-refractivity contribution in [1.29, 1.82) is 0 Å². The van der Waals surface area contributed by atoms with Gasteiger partial charge in [-0.15, -0.1) is 0 Å². The molecule has 2 rings (SSSR count). The van der Waals surface area contributed by atoms with E-state index in [1.54, 1.807) is 6.07 Å². The second-order valence-electron chi connectivity index (χ2n) is 8.03. The lowest BCUT2D eigenvalue weighted by Crippen LogP contribution is -2.26. The fourth-order valence-corrected chi connectivity index (χ4v) is 3.62. The quantitative estimate of drug-likeness (QED) is 0.290. The number of hydrogen-bond acceptors (Lipinski definition) is 5. The molecule has 156 valence electrons. The molecule has 2 N–H and O–H groups in total. The molecule has 1 atom stereocenters. The highest BCUT2D eigenvalue weighted by Crippen LogP contribution is 2.41. The molecular formula is C22H30N4O3. The highest BCUT2D eigenvalue weighted by molar-refractivity contribution is 5.98. The molecule has 0 heterocycles. The van der Waals surface area contributed by atoms with Crippen molar-refractivity contribution in [2.24, 2.45) is 16.4 Å². The van der Waals surface area contributed by atoms with Crippen LogP contribution in [-0.2, 0) is 0 Å². The summed E-state index contributed by atoms with van der Waals surface area (Å²) in [4.78, 5) is 23.1. The number of benzene rings is 1. The van der Waals surface area contributed by atoms with Crippen LogP contribution in [-0.4, -0.2) is 23.1 Å². The van der Waals surface area contributed by atoms with E-state index in [0.29, 0.717) is 23.9 Å². The van der Waals surface area contributed by atoms with Gasteiger partial charge in [-0.25, -0.2) is 5.43 Å². The average molecular weight is 399 g/mol. The van der Waals surface area contributed by atoms with Crippen LogP contribution in [0, 0.1) is 21.4 Å². The van der Waals surface area contributed by atoms with Crippen LogP contribution in [0.2, 0.25) is 0 Å². The molecule has 1 aliphatic carbocycles. The van der Waals surface area contributed by atoms with Crippen LogP contribution in [0.4, 0.5) is 11.4 Å². The third-order valence-electron chi connectivity index (χ3n) is 5.27. The Bertz CT molecular complexity index is 869. The molecule has 0 bridgehead atoms. The monoisotopic (exact) mass is 398 g/mol. The van der Waals surface area contributed by atoms with Gasteiger partial charge in [-0.2, -0.15) is 5.10 Å². The van der Waals surface area contributed by atoms with Crippen LogP contribution in [0.25, 0.3) is 0 Å². The van der Waals surface area contributed by atoms with Crippen LogP contribution in [0.5, 0.6) is 0 Å². The number of carbonyl (C=O) groups is 1. The van der Waals surface area contributed by atoms with Crippen LogP contribution < -0.4 is 10.7 Å². The van der Waals surface area contributed by atoms with Crippen molar-refractivity contribution in [1.82, 2.24) is 5.43 Å². The van der Waals surface area contributed by atoms with Gasteiger partial charge in [0.2, 0.25) is 0 Å². The van der Waals surface area contributed by atoms with Crippen molar-refractivity contribution in [3.05, 3.63) is 57.7 Å². The van der Waals surface area contributed by atoms with Crippen LogP contribution in [0.1, 0.15) is 57.8 Å². The number of rotatable bonds is 7. The van der Waals surface area contributed by atoms with E-state index in [-0.39, 0.29) is 16.7 Å². The van der Waals surface area contributed by atoms with E-state index in [0.717, 1.165) is 12.8 Å². The molecule has 0 fully saturated rings. The fourth-order valence-electron chi connectivity index (χ4n) is 3.62. The first-order valence-corrected chi connectivity index (χ1v) is 9.87. The summed E-state index contributed by atoms with van der Waals surface area (Å²) in [5, 5.41) is 18.3. The van der Waals surface area contributed by atoms with Gasteiger partial charge < -0.3 is 5.32 Å². The van der Waals surface area contributed by atoms with Gasteiger partial charge in [0.05, 0.1) is 10.6 Å². The maximum Gasteiger partial charge on any atom is 0.293 e. The average Bonchev–Trinajstić information content (AvgIpc) is 2.65. The molecule has 1 amide bonds. The van der Waals surface area contributed by atoms with E-state index < -0.39 is 10.8 Å². The number of nitrogens with zero attached hydrogens (tertiary/aromatic N) is 2. The molecule has 0 saturated heterocycles. The summed E-state index contributed by atoms with van der Waals surface area (Å²) in [5.74, 6) is -0.156. The molecule has 1 unspecified atom stereocenters. The molecule has 29 heavy (non-hydrogen) atoms. The van der Waals surface area contributed by atoms with Gasteiger partial charge in [0.25, 0.3) is 11.6 Å². The SMILES string of the molecule is CCNc1ccc(C(=O)N/N=C(C)/C=C/C2C(C)=CCCC2(C)C)cc1[N+](=O)[O-]. The molecule has 0 radical (unpaired) electrons. The summed E-state index contributed by atoms with van der Waals surface area (Å²) in [6, 6.07) is 4.33. The number of amides is 1.